The molecule has 0 amide bonds. The lowest BCUT2D eigenvalue weighted by Gasteiger charge is -2.38. The molecule has 106 valence electrons. The minimum atomic E-state index is 0.518. The number of hydrogen-bond donors (Lipinski definition) is 1. The van der Waals surface area contributed by atoms with Gasteiger partial charge in [-0.05, 0) is 32.0 Å². The number of methoxy groups -OCH3 is 2. The van der Waals surface area contributed by atoms with Crippen LogP contribution in [-0.2, 0) is 6.54 Å². The molecule has 0 aliphatic carbocycles. The minimum absolute atomic E-state index is 0.518. The number of rotatable bonds is 4. The fourth-order valence-corrected chi connectivity index (χ4v) is 2.57. The van der Waals surface area contributed by atoms with Gasteiger partial charge in [0.05, 0.1) is 14.2 Å². The van der Waals surface area contributed by atoms with Crippen LogP contribution in [0.2, 0.25) is 0 Å². The van der Waals surface area contributed by atoms with Crippen LogP contribution in [0.15, 0.2) is 18.2 Å². The number of ether oxygens (including phenoxy) is 2. The maximum absolute atomic E-state index is 5.45. The molecule has 1 aliphatic rings. The lowest BCUT2D eigenvalue weighted by molar-refractivity contribution is 0.129. The number of piperazine rings is 1. The normalized spacial score (nSPS) is 24.2. The third kappa shape index (κ3) is 3.19. The Balaban J connectivity index is 2.17. The van der Waals surface area contributed by atoms with Crippen LogP contribution in [0.1, 0.15) is 19.4 Å². The van der Waals surface area contributed by atoms with Crippen LogP contribution in [0.5, 0.6) is 11.5 Å². The summed E-state index contributed by atoms with van der Waals surface area (Å²) in [6, 6.07) is 7.02. The van der Waals surface area contributed by atoms with Gasteiger partial charge in [0.1, 0.15) is 11.5 Å². The fraction of sp³-hybridized carbons (Fsp3) is 0.600. The molecule has 1 aromatic carbocycles. The second kappa shape index (κ2) is 6.26. The predicted molar refractivity (Wildman–Crippen MR) is 76.9 cm³/mol. The van der Waals surface area contributed by atoms with Crippen LogP contribution in [0.25, 0.3) is 0 Å². The van der Waals surface area contributed by atoms with E-state index >= 15 is 0 Å². The summed E-state index contributed by atoms with van der Waals surface area (Å²) in [6.07, 6.45) is 0. The quantitative estimate of drug-likeness (QED) is 0.900. The van der Waals surface area contributed by atoms with Gasteiger partial charge < -0.3 is 14.8 Å². The van der Waals surface area contributed by atoms with E-state index in [0.717, 1.165) is 31.1 Å². The van der Waals surface area contributed by atoms with E-state index in [-0.39, 0.29) is 0 Å². The van der Waals surface area contributed by atoms with Gasteiger partial charge in [0.15, 0.2) is 0 Å². The zero-order chi connectivity index (χ0) is 13.8. The first-order valence-corrected chi connectivity index (χ1v) is 6.84. The molecule has 2 rings (SSSR count). The van der Waals surface area contributed by atoms with Crippen molar-refractivity contribution in [3.63, 3.8) is 0 Å². The maximum Gasteiger partial charge on any atom is 0.123 e. The molecule has 2 atom stereocenters. The van der Waals surface area contributed by atoms with Gasteiger partial charge in [-0.15, -0.1) is 0 Å². The molecular weight excluding hydrogens is 240 g/mol. The number of nitrogens with zero attached hydrogens (tertiary/aromatic N) is 1. The third-order valence-electron chi connectivity index (χ3n) is 4.03. The van der Waals surface area contributed by atoms with Crippen molar-refractivity contribution >= 4 is 0 Å². The molecule has 4 nitrogen and oxygen atoms in total. The largest absolute Gasteiger partial charge is 0.497 e. The van der Waals surface area contributed by atoms with Crippen LogP contribution in [0.3, 0.4) is 0 Å². The lowest BCUT2D eigenvalue weighted by Crippen LogP contribution is -2.54. The van der Waals surface area contributed by atoms with Gasteiger partial charge in [-0.1, -0.05) is 0 Å². The van der Waals surface area contributed by atoms with Crippen molar-refractivity contribution in [2.75, 3.05) is 27.3 Å². The van der Waals surface area contributed by atoms with Gasteiger partial charge in [-0.3, -0.25) is 4.90 Å². The Morgan fingerprint density at radius 3 is 2.74 bits per heavy atom. The zero-order valence-electron chi connectivity index (χ0n) is 12.3. The first-order chi connectivity index (χ1) is 9.15. The number of benzene rings is 1. The van der Waals surface area contributed by atoms with E-state index in [0.29, 0.717) is 12.1 Å². The highest BCUT2D eigenvalue weighted by Gasteiger charge is 2.24. The van der Waals surface area contributed by atoms with Gasteiger partial charge in [0.25, 0.3) is 0 Å². The summed E-state index contributed by atoms with van der Waals surface area (Å²) >= 11 is 0. The topological polar surface area (TPSA) is 33.7 Å². The smallest absolute Gasteiger partial charge is 0.123 e. The molecule has 1 N–H and O–H groups in total. The summed E-state index contributed by atoms with van der Waals surface area (Å²) in [4.78, 5) is 2.48. The molecule has 1 heterocycles. The number of nitrogens with one attached hydrogen (secondary N) is 1. The molecule has 1 aromatic rings. The molecule has 1 fully saturated rings. The predicted octanol–water partition coefficient (Wildman–Crippen LogP) is 1.89. The standard InChI is InChI=1S/C15H24N2O2/c1-11-12(2)17(8-7-16-11)10-13-9-14(18-3)5-6-15(13)19-4/h5-6,9,11-12,16H,7-8,10H2,1-4H3. The van der Waals surface area contributed by atoms with Gasteiger partial charge in [-0.2, -0.15) is 0 Å². The third-order valence-corrected chi connectivity index (χ3v) is 4.03. The van der Waals surface area contributed by atoms with Crippen molar-refractivity contribution in [3.05, 3.63) is 23.8 Å². The number of hydrogen-bond acceptors (Lipinski definition) is 4. The Hall–Kier alpha value is -1.26. The summed E-state index contributed by atoms with van der Waals surface area (Å²) in [5, 5.41) is 3.50. The van der Waals surface area contributed by atoms with Crippen LogP contribution in [0.4, 0.5) is 0 Å². The van der Waals surface area contributed by atoms with Gasteiger partial charge in [0, 0.05) is 37.3 Å². The van der Waals surface area contributed by atoms with Crippen LogP contribution >= 0.6 is 0 Å². The molecule has 0 saturated carbocycles. The summed E-state index contributed by atoms with van der Waals surface area (Å²) in [6.45, 7) is 7.50. The molecule has 19 heavy (non-hydrogen) atoms. The lowest BCUT2D eigenvalue weighted by atomic mass is 10.1. The van der Waals surface area contributed by atoms with Crippen molar-refractivity contribution in [2.45, 2.75) is 32.5 Å². The van der Waals surface area contributed by atoms with E-state index in [1.165, 1.54) is 5.56 Å². The Morgan fingerprint density at radius 2 is 2.05 bits per heavy atom. The monoisotopic (exact) mass is 264 g/mol. The molecule has 4 heteroatoms. The second-order valence-electron chi connectivity index (χ2n) is 5.13. The fourth-order valence-electron chi connectivity index (χ4n) is 2.57. The van der Waals surface area contributed by atoms with E-state index in [4.69, 9.17) is 9.47 Å². The molecule has 1 saturated heterocycles. The van der Waals surface area contributed by atoms with Crippen LogP contribution < -0.4 is 14.8 Å². The van der Waals surface area contributed by atoms with Crippen molar-refractivity contribution in [1.82, 2.24) is 10.2 Å². The first-order valence-electron chi connectivity index (χ1n) is 6.84. The summed E-state index contributed by atoms with van der Waals surface area (Å²) in [7, 11) is 3.41. The Labute approximate surface area is 115 Å². The summed E-state index contributed by atoms with van der Waals surface area (Å²) in [5.74, 6) is 1.81. The van der Waals surface area contributed by atoms with Crippen molar-refractivity contribution < 1.29 is 9.47 Å². The molecule has 0 radical (unpaired) electrons. The SMILES string of the molecule is COc1ccc(OC)c(CN2CCNC(C)C2C)c1. The van der Waals surface area contributed by atoms with Crippen molar-refractivity contribution in [1.29, 1.82) is 0 Å². The zero-order valence-corrected chi connectivity index (χ0v) is 12.3. The van der Waals surface area contributed by atoms with E-state index in [2.05, 4.69) is 30.1 Å². The van der Waals surface area contributed by atoms with E-state index in [1.807, 2.05) is 12.1 Å². The van der Waals surface area contributed by atoms with E-state index in [9.17, 15) is 0 Å². The molecule has 1 aliphatic heterocycles. The molecule has 0 spiro atoms. The van der Waals surface area contributed by atoms with Crippen LogP contribution in [-0.4, -0.2) is 44.3 Å². The summed E-state index contributed by atoms with van der Waals surface area (Å²) < 4.78 is 10.8. The Kier molecular flexibility index (Phi) is 4.66. The molecule has 0 bridgehead atoms. The molecule has 2 unspecified atom stereocenters. The van der Waals surface area contributed by atoms with E-state index < -0.39 is 0 Å². The molecule has 0 aromatic heterocycles. The Bertz CT molecular complexity index is 423. The highest BCUT2D eigenvalue weighted by molar-refractivity contribution is 5.40. The highest BCUT2D eigenvalue weighted by Crippen LogP contribution is 2.26. The van der Waals surface area contributed by atoms with Crippen molar-refractivity contribution in [2.24, 2.45) is 0 Å². The molecular formula is C15H24N2O2. The van der Waals surface area contributed by atoms with Crippen LogP contribution in [0, 0.1) is 0 Å². The van der Waals surface area contributed by atoms with Gasteiger partial charge in [0.2, 0.25) is 0 Å². The highest BCUT2D eigenvalue weighted by atomic mass is 16.5. The van der Waals surface area contributed by atoms with Gasteiger partial charge in [-0.25, -0.2) is 0 Å². The Morgan fingerprint density at radius 1 is 1.26 bits per heavy atom. The minimum Gasteiger partial charge on any atom is -0.497 e. The maximum atomic E-state index is 5.45. The first kappa shape index (κ1) is 14.2. The average molecular weight is 264 g/mol. The average Bonchev–Trinajstić information content (AvgIpc) is 2.43. The second-order valence-corrected chi connectivity index (χ2v) is 5.13. The summed E-state index contributed by atoms with van der Waals surface area (Å²) in [5.41, 5.74) is 1.18. The van der Waals surface area contributed by atoms with Crippen molar-refractivity contribution in [3.8, 4) is 11.5 Å². The van der Waals surface area contributed by atoms with E-state index in [1.54, 1.807) is 14.2 Å². The van der Waals surface area contributed by atoms with Gasteiger partial charge >= 0.3 is 0 Å².